The van der Waals surface area contributed by atoms with Gasteiger partial charge >= 0.3 is 0 Å². The Bertz CT molecular complexity index is 537. The number of benzene rings is 1. The molecule has 1 aromatic rings. The Morgan fingerprint density at radius 1 is 1.28 bits per heavy atom. The minimum atomic E-state index is -0.546. The normalized spacial score (nSPS) is 13.6. The van der Waals surface area contributed by atoms with E-state index in [9.17, 15) is 14.4 Å². The maximum absolute atomic E-state index is 11.6. The first-order valence-corrected chi connectivity index (χ1v) is 5.70. The Kier molecular flexibility index (Phi) is 3.14. The lowest BCUT2D eigenvalue weighted by Crippen LogP contribution is -2.31. The summed E-state index contributed by atoms with van der Waals surface area (Å²) in [7, 11) is 1.56. The van der Waals surface area contributed by atoms with Gasteiger partial charge in [0.1, 0.15) is 0 Å². The van der Waals surface area contributed by atoms with Gasteiger partial charge in [-0.15, -0.1) is 0 Å². The first-order chi connectivity index (χ1) is 8.49. The minimum absolute atomic E-state index is 0.00316. The monoisotopic (exact) mass is 246 g/mol. The van der Waals surface area contributed by atoms with E-state index in [4.69, 9.17) is 0 Å². The van der Waals surface area contributed by atoms with Gasteiger partial charge in [0.25, 0.3) is 5.91 Å². The maximum atomic E-state index is 11.6. The van der Waals surface area contributed by atoms with Crippen molar-refractivity contribution in [2.24, 2.45) is 0 Å². The number of fused-ring (bicyclic) bond motifs is 1. The molecule has 1 heterocycles. The smallest absolute Gasteiger partial charge is 0.293 e. The first kappa shape index (κ1) is 12.3. The Labute approximate surface area is 105 Å². The Morgan fingerprint density at radius 3 is 2.67 bits per heavy atom. The molecule has 1 aromatic carbocycles. The molecule has 5 heteroatoms. The van der Waals surface area contributed by atoms with E-state index >= 15 is 0 Å². The second-order valence-electron chi connectivity index (χ2n) is 4.31. The van der Waals surface area contributed by atoms with Gasteiger partial charge in [-0.05, 0) is 30.2 Å². The number of rotatable bonds is 2. The zero-order valence-electron chi connectivity index (χ0n) is 10.3. The van der Waals surface area contributed by atoms with Crippen LogP contribution in [0.2, 0.25) is 0 Å². The van der Waals surface area contributed by atoms with Crippen molar-refractivity contribution in [1.82, 2.24) is 0 Å². The van der Waals surface area contributed by atoms with Gasteiger partial charge in [-0.2, -0.15) is 0 Å². The highest BCUT2D eigenvalue weighted by Crippen LogP contribution is 2.27. The summed E-state index contributed by atoms with van der Waals surface area (Å²) in [6.45, 7) is 1.25. The van der Waals surface area contributed by atoms with Gasteiger partial charge < -0.3 is 10.2 Å². The molecular formula is C13H14N2O3. The molecule has 94 valence electrons. The highest BCUT2D eigenvalue weighted by molar-refractivity contribution is 6.40. The molecular weight excluding hydrogens is 232 g/mol. The van der Waals surface area contributed by atoms with Crippen LogP contribution in [0.5, 0.6) is 0 Å². The molecule has 2 amide bonds. The van der Waals surface area contributed by atoms with Gasteiger partial charge in [-0.3, -0.25) is 14.4 Å². The Balaban J connectivity index is 2.29. The summed E-state index contributed by atoms with van der Waals surface area (Å²) in [6.07, 6.45) is 1.10. The van der Waals surface area contributed by atoms with E-state index in [0.717, 1.165) is 11.3 Å². The fourth-order valence-corrected chi connectivity index (χ4v) is 1.93. The second kappa shape index (κ2) is 4.60. The number of likely N-dealkylation sites (N-methyl/N-ethyl adjacent to an activating group) is 1. The lowest BCUT2D eigenvalue weighted by Gasteiger charge is -2.21. The van der Waals surface area contributed by atoms with Crippen LogP contribution in [0, 0.1) is 0 Å². The van der Waals surface area contributed by atoms with Crippen LogP contribution in [0.15, 0.2) is 18.2 Å². The summed E-state index contributed by atoms with van der Waals surface area (Å²) >= 11 is 0. The van der Waals surface area contributed by atoms with E-state index in [1.54, 1.807) is 19.2 Å². The Hall–Kier alpha value is -2.17. The summed E-state index contributed by atoms with van der Waals surface area (Å²) < 4.78 is 0. The van der Waals surface area contributed by atoms with E-state index in [0.29, 0.717) is 18.5 Å². The standard InChI is InChI=1S/C13H14N2O3/c1-8(16)13(18)15(2)10-4-5-11-9(7-10)3-6-12(17)14-11/h4-5,7H,3,6H2,1-2H3,(H,14,17). The molecule has 0 radical (unpaired) electrons. The van der Waals surface area contributed by atoms with E-state index in [1.165, 1.54) is 11.8 Å². The highest BCUT2D eigenvalue weighted by atomic mass is 16.2. The third kappa shape index (κ3) is 2.25. The summed E-state index contributed by atoms with van der Waals surface area (Å²) in [5.41, 5.74) is 2.42. The van der Waals surface area contributed by atoms with Crippen molar-refractivity contribution in [2.75, 3.05) is 17.3 Å². The quantitative estimate of drug-likeness (QED) is 0.795. The lowest BCUT2D eigenvalue weighted by atomic mass is 10.0. The number of carbonyl (C=O) groups excluding carboxylic acids is 3. The predicted octanol–water partition coefficient (Wildman–Crippen LogP) is 1.12. The van der Waals surface area contributed by atoms with Gasteiger partial charge in [0.15, 0.2) is 0 Å². The zero-order valence-corrected chi connectivity index (χ0v) is 10.3. The van der Waals surface area contributed by atoms with Crippen molar-refractivity contribution < 1.29 is 14.4 Å². The average molecular weight is 246 g/mol. The number of carbonyl (C=O) groups is 3. The summed E-state index contributed by atoms with van der Waals surface area (Å²) in [5, 5.41) is 2.77. The summed E-state index contributed by atoms with van der Waals surface area (Å²) in [5.74, 6) is -1.04. The zero-order chi connectivity index (χ0) is 13.3. The first-order valence-electron chi connectivity index (χ1n) is 5.70. The van der Waals surface area contributed by atoms with Crippen LogP contribution in [0.1, 0.15) is 18.9 Å². The maximum Gasteiger partial charge on any atom is 0.293 e. The topological polar surface area (TPSA) is 66.5 Å². The number of Topliss-reactive ketones (excluding diaryl/α,β-unsaturated/α-hetero) is 1. The molecule has 0 bridgehead atoms. The number of anilines is 2. The van der Waals surface area contributed by atoms with E-state index in [-0.39, 0.29) is 5.91 Å². The van der Waals surface area contributed by atoms with Crippen molar-refractivity contribution >= 4 is 29.0 Å². The van der Waals surface area contributed by atoms with E-state index in [2.05, 4.69) is 5.32 Å². The van der Waals surface area contributed by atoms with Crippen LogP contribution in [0.25, 0.3) is 0 Å². The molecule has 18 heavy (non-hydrogen) atoms. The molecule has 1 aliphatic heterocycles. The van der Waals surface area contributed by atoms with Gasteiger partial charge in [-0.25, -0.2) is 0 Å². The van der Waals surface area contributed by atoms with Crippen molar-refractivity contribution in [3.63, 3.8) is 0 Å². The molecule has 0 fully saturated rings. The molecule has 5 nitrogen and oxygen atoms in total. The number of amides is 2. The van der Waals surface area contributed by atoms with Crippen molar-refractivity contribution in [2.45, 2.75) is 19.8 Å². The molecule has 0 aliphatic carbocycles. The third-order valence-electron chi connectivity index (χ3n) is 2.98. The fraction of sp³-hybridized carbons (Fsp3) is 0.308. The summed E-state index contributed by atoms with van der Waals surface area (Å²) in [6, 6.07) is 5.30. The third-order valence-corrected chi connectivity index (χ3v) is 2.98. The van der Waals surface area contributed by atoms with Crippen molar-refractivity contribution in [1.29, 1.82) is 0 Å². The summed E-state index contributed by atoms with van der Waals surface area (Å²) in [4.78, 5) is 35.2. The number of aryl methyl sites for hydroxylation is 1. The number of nitrogens with zero attached hydrogens (tertiary/aromatic N) is 1. The van der Waals surface area contributed by atoms with Gasteiger partial charge in [0.05, 0.1) is 0 Å². The van der Waals surface area contributed by atoms with Crippen molar-refractivity contribution in [3.05, 3.63) is 23.8 Å². The largest absolute Gasteiger partial charge is 0.326 e. The van der Waals surface area contributed by atoms with Crippen LogP contribution >= 0.6 is 0 Å². The molecule has 0 saturated heterocycles. The van der Waals surface area contributed by atoms with Crippen LogP contribution in [0.4, 0.5) is 11.4 Å². The molecule has 1 aliphatic rings. The Morgan fingerprint density at radius 2 is 2.00 bits per heavy atom. The van der Waals surface area contributed by atoms with Gasteiger partial charge in [-0.1, -0.05) is 0 Å². The van der Waals surface area contributed by atoms with Crippen LogP contribution in [0.3, 0.4) is 0 Å². The molecule has 0 saturated carbocycles. The van der Waals surface area contributed by atoms with E-state index in [1.807, 2.05) is 6.07 Å². The molecule has 0 unspecified atom stereocenters. The number of nitrogens with one attached hydrogen (secondary N) is 1. The second-order valence-corrected chi connectivity index (χ2v) is 4.31. The van der Waals surface area contributed by atoms with Gasteiger partial charge in [0, 0.05) is 31.8 Å². The minimum Gasteiger partial charge on any atom is -0.326 e. The van der Waals surface area contributed by atoms with Crippen LogP contribution in [-0.2, 0) is 20.8 Å². The molecule has 2 rings (SSSR count). The fourth-order valence-electron chi connectivity index (χ4n) is 1.93. The molecule has 0 spiro atoms. The number of hydrogen-bond acceptors (Lipinski definition) is 3. The average Bonchev–Trinajstić information content (AvgIpc) is 2.36. The highest BCUT2D eigenvalue weighted by Gasteiger charge is 2.19. The SMILES string of the molecule is CC(=O)C(=O)N(C)c1ccc2c(c1)CCC(=O)N2. The van der Waals surface area contributed by atoms with E-state index < -0.39 is 11.7 Å². The molecule has 1 N–H and O–H groups in total. The lowest BCUT2D eigenvalue weighted by molar-refractivity contribution is -0.134. The van der Waals surface area contributed by atoms with Crippen LogP contribution < -0.4 is 10.2 Å². The number of hydrogen-bond donors (Lipinski definition) is 1. The molecule has 0 aromatic heterocycles. The predicted molar refractivity (Wildman–Crippen MR) is 67.5 cm³/mol. The molecule has 0 atom stereocenters. The van der Waals surface area contributed by atoms with Gasteiger partial charge in [0.2, 0.25) is 11.7 Å². The van der Waals surface area contributed by atoms with Crippen molar-refractivity contribution in [3.8, 4) is 0 Å². The van der Waals surface area contributed by atoms with Crippen LogP contribution in [-0.4, -0.2) is 24.6 Å². The number of ketones is 1.